The van der Waals surface area contributed by atoms with Crippen molar-refractivity contribution < 1.29 is 29.0 Å². The first kappa shape index (κ1) is 22.3. The van der Waals surface area contributed by atoms with E-state index in [2.05, 4.69) is 0 Å². The summed E-state index contributed by atoms with van der Waals surface area (Å²) in [4.78, 5) is 33.6. The van der Waals surface area contributed by atoms with E-state index in [0.717, 1.165) is 6.29 Å². The van der Waals surface area contributed by atoms with E-state index in [1.165, 1.54) is 0 Å². The van der Waals surface area contributed by atoms with Crippen LogP contribution in [0.15, 0.2) is 0 Å². The van der Waals surface area contributed by atoms with Crippen molar-refractivity contribution in [2.24, 2.45) is 0 Å². The number of carbonyl (C=O) groups excluding carboxylic acids is 3. The molecule has 0 fully saturated rings. The third kappa shape index (κ3) is 9.22. The molecule has 0 aromatic rings. The Labute approximate surface area is 146 Å². The van der Waals surface area contributed by atoms with Crippen LogP contribution >= 0.6 is 23.5 Å². The average Bonchev–Trinajstić information content (AvgIpc) is 2.58. The number of thioether (sulfide) groups is 2. The summed E-state index contributed by atoms with van der Waals surface area (Å²) in [5.74, 6) is -0.854. The van der Waals surface area contributed by atoms with E-state index in [4.69, 9.17) is 9.47 Å². The first-order valence-corrected chi connectivity index (χ1v) is 9.91. The predicted octanol–water partition coefficient (Wildman–Crippen LogP) is 2.03. The Balaban J connectivity index is 4.38. The quantitative estimate of drug-likeness (QED) is 0.301. The maximum Gasteiger partial charge on any atom is 0.306 e. The Morgan fingerprint density at radius 1 is 1.22 bits per heavy atom. The van der Waals surface area contributed by atoms with Crippen molar-refractivity contribution in [2.75, 3.05) is 25.7 Å². The van der Waals surface area contributed by atoms with Gasteiger partial charge in [-0.3, -0.25) is 9.59 Å². The average molecular weight is 367 g/mol. The molecule has 0 saturated carbocycles. The largest absolute Gasteiger partial charge is 0.462 e. The van der Waals surface area contributed by atoms with Crippen molar-refractivity contribution in [1.82, 2.24) is 0 Å². The highest BCUT2D eigenvalue weighted by molar-refractivity contribution is 8.17. The van der Waals surface area contributed by atoms with Crippen LogP contribution in [0.2, 0.25) is 0 Å². The van der Waals surface area contributed by atoms with Crippen LogP contribution in [0.4, 0.5) is 0 Å². The molecule has 0 heterocycles. The minimum absolute atomic E-state index is 0.143. The summed E-state index contributed by atoms with van der Waals surface area (Å²) >= 11 is 3.24. The molecule has 1 N–H and O–H groups in total. The zero-order valence-electron chi connectivity index (χ0n) is 13.9. The maximum atomic E-state index is 11.9. The second-order valence-electron chi connectivity index (χ2n) is 4.86. The SMILES string of the molecule is CCC(=O)OCC(CO)OC(=O)CCC(CCC=O)(SC)SC. The summed E-state index contributed by atoms with van der Waals surface area (Å²) in [7, 11) is 0. The fraction of sp³-hybridized carbons (Fsp3) is 0.800. The molecule has 0 spiro atoms. The number of aldehydes is 1. The minimum atomic E-state index is -0.842. The monoisotopic (exact) mass is 366 g/mol. The number of hydrogen-bond acceptors (Lipinski definition) is 8. The van der Waals surface area contributed by atoms with E-state index in [1.807, 2.05) is 12.5 Å². The first-order chi connectivity index (χ1) is 11.0. The van der Waals surface area contributed by atoms with Crippen molar-refractivity contribution in [3.05, 3.63) is 0 Å². The fourth-order valence-electron chi connectivity index (χ4n) is 1.84. The molecule has 134 valence electrons. The van der Waals surface area contributed by atoms with Crippen LogP contribution in [0.3, 0.4) is 0 Å². The van der Waals surface area contributed by atoms with Crippen LogP contribution in [0, 0.1) is 0 Å². The number of esters is 2. The Morgan fingerprint density at radius 3 is 2.35 bits per heavy atom. The molecule has 0 rings (SSSR count). The molecule has 0 aliphatic carbocycles. The van der Waals surface area contributed by atoms with E-state index >= 15 is 0 Å². The highest BCUT2D eigenvalue weighted by Crippen LogP contribution is 2.42. The minimum Gasteiger partial charge on any atom is -0.462 e. The molecule has 0 aliphatic rings. The van der Waals surface area contributed by atoms with Crippen molar-refractivity contribution in [3.8, 4) is 0 Å². The predicted molar refractivity (Wildman–Crippen MR) is 92.5 cm³/mol. The van der Waals surface area contributed by atoms with Gasteiger partial charge < -0.3 is 19.4 Å². The molecule has 23 heavy (non-hydrogen) atoms. The summed E-state index contributed by atoms with van der Waals surface area (Å²) in [5, 5.41) is 9.18. The van der Waals surface area contributed by atoms with Crippen LogP contribution in [0.25, 0.3) is 0 Å². The lowest BCUT2D eigenvalue weighted by atomic mass is 10.1. The first-order valence-electron chi connectivity index (χ1n) is 7.46. The van der Waals surface area contributed by atoms with Crippen LogP contribution in [0.1, 0.15) is 39.0 Å². The molecule has 1 unspecified atom stereocenters. The van der Waals surface area contributed by atoms with E-state index in [1.54, 1.807) is 30.4 Å². The van der Waals surface area contributed by atoms with Crippen molar-refractivity contribution >= 4 is 41.7 Å². The standard InChI is InChI=1S/C15H26O6S2/c1-4-13(18)20-11-12(10-17)21-14(19)6-8-15(22-2,23-3)7-5-9-16/h9,12,17H,4-8,10-11H2,1-3H3. The molecular formula is C15H26O6S2. The lowest BCUT2D eigenvalue weighted by molar-refractivity contribution is -0.161. The smallest absolute Gasteiger partial charge is 0.306 e. The number of ether oxygens (including phenoxy) is 2. The summed E-state index contributed by atoms with van der Waals surface area (Å²) < 4.78 is 9.79. The summed E-state index contributed by atoms with van der Waals surface area (Å²) in [6.45, 7) is 1.12. The molecule has 8 heteroatoms. The van der Waals surface area contributed by atoms with Gasteiger partial charge in [-0.25, -0.2) is 0 Å². The normalized spacial score (nSPS) is 12.5. The van der Waals surface area contributed by atoms with Gasteiger partial charge in [0.25, 0.3) is 0 Å². The van der Waals surface area contributed by atoms with Gasteiger partial charge in [0.05, 0.1) is 10.7 Å². The van der Waals surface area contributed by atoms with E-state index < -0.39 is 24.6 Å². The van der Waals surface area contributed by atoms with Gasteiger partial charge in [0.15, 0.2) is 6.10 Å². The topological polar surface area (TPSA) is 89.9 Å². The van der Waals surface area contributed by atoms with Crippen molar-refractivity contribution in [1.29, 1.82) is 0 Å². The van der Waals surface area contributed by atoms with E-state index in [0.29, 0.717) is 19.3 Å². The number of carbonyl (C=O) groups is 3. The summed E-state index contributed by atoms with van der Waals surface area (Å²) in [6.07, 6.45) is 6.04. The van der Waals surface area contributed by atoms with Crippen LogP contribution in [0.5, 0.6) is 0 Å². The van der Waals surface area contributed by atoms with Crippen LogP contribution in [-0.4, -0.2) is 59.2 Å². The molecule has 6 nitrogen and oxygen atoms in total. The number of hydrogen-bond donors (Lipinski definition) is 1. The van der Waals surface area contributed by atoms with Crippen molar-refractivity contribution in [3.63, 3.8) is 0 Å². The second-order valence-corrected chi connectivity index (χ2v) is 7.49. The molecule has 0 saturated heterocycles. The second kappa shape index (κ2) is 12.7. The lowest BCUT2D eigenvalue weighted by Crippen LogP contribution is -2.29. The van der Waals surface area contributed by atoms with Gasteiger partial charge in [-0.05, 0) is 25.4 Å². The highest BCUT2D eigenvalue weighted by atomic mass is 32.2. The number of rotatable bonds is 13. The zero-order chi connectivity index (χ0) is 17.7. The van der Waals surface area contributed by atoms with Gasteiger partial charge in [-0.15, -0.1) is 23.5 Å². The van der Waals surface area contributed by atoms with Gasteiger partial charge in [0.1, 0.15) is 12.9 Å². The Bertz CT molecular complexity index is 371. The third-order valence-corrected chi connectivity index (χ3v) is 6.62. The Hall–Kier alpha value is -0.730. The molecule has 0 radical (unpaired) electrons. The molecule has 0 aliphatic heterocycles. The third-order valence-electron chi connectivity index (χ3n) is 3.32. The van der Waals surface area contributed by atoms with Gasteiger partial charge in [0.2, 0.25) is 0 Å². The summed E-state index contributed by atoms with van der Waals surface area (Å²) in [5.41, 5.74) is 0. The van der Waals surface area contributed by atoms with E-state index in [9.17, 15) is 19.5 Å². The molecule has 1 atom stereocenters. The van der Waals surface area contributed by atoms with Crippen molar-refractivity contribution in [2.45, 2.75) is 49.2 Å². The zero-order valence-corrected chi connectivity index (χ0v) is 15.5. The highest BCUT2D eigenvalue weighted by Gasteiger charge is 2.29. The Morgan fingerprint density at radius 2 is 1.87 bits per heavy atom. The van der Waals surface area contributed by atoms with Gasteiger partial charge in [-0.1, -0.05) is 6.92 Å². The fourth-order valence-corrected chi connectivity index (χ4v) is 3.77. The molecule has 0 amide bonds. The van der Waals surface area contributed by atoms with E-state index in [-0.39, 0.29) is 23.5 Å². The molecule has 0 bridgehead atoms. The molecule has 0 aromatic heterocycles. The number of aliphatic hydroxyl groups is 1. The lowest BCUT2D eigenvalue weighted by Gasteiger charge is -2.29. The van der Waals surface area contributed by atoms with Crippen LogP contribution < -0.4 is 0 Å². The number of aliphatic hydroxyl groups excluding tert-OH is 1. The van der Waals surface area contributed by atoms with Gasteiger partial charge in [0, 0.05) is 19.3 Å². The van der Waals surface area contributed by atoms with Crippen LogP contribution in [-0.2, 0) is 23.9 Å². The Kier molecular flexibility index (Phi) is 12.3. The van der Waals surface area contributed by atoms with Gasteiger partial charge in [-0.2, -0.15) is 0 Å². The molecular weight excluding hydrogens is 340 g/mol. The maximum absolute atomic E-state index is 11.9. The molecule has 0 aromatic carbocycles. The summed E-state index contributed by atoms with van der Waals surface area (Å²) in [6, 6.07) is 0. The van der Waals surface area contributed by atoms with Gasteiger partial charge >= 0.3 is 11.9 Å².